The van der Waals surface area contributed by atoms with Gasteiger partial charge in [-0.3, -0.25) is 9.78 Å². The van der Waals surface area contributed by atoms with Crippen molar-refractivity contribution in [1.29, 1.82) is 0 Å². The summed E-state index contributed by atoms with van der Waals surface area (Å²) < 4.78 is 0. The molecule has 1 atom stereocenters. The molecule has 2 heterocycles. The molecular weight excluding hydrogens is 270 g/mol. The van der Waals surface area contributed by atoms with Gasteiger partial charge in [-0.1, -0.05) is 19.9 Å². The Morgan fingerprint density at radius 3 is 2.86 bits per heavy atom. The SMILES string of the molecule is CC1(C)CN(C(=O)NCCCC(=O)O)C1c1cccnc1. The maximum atomic E-state index is 12.2. The van der Waals surface area contributed by atoms with Crippen LogP contribution in [0.4, 0.5) is 4.79 Å². The summed E-state index contributed by atoms with van der Waals surface area (Å²) in [4.78, 5) is 28.5. The number of nitrogens with one attached hydrogen (secondary N) is 1. The summed E-state index contributed by atoms with van der Waals surface area (Å²) >= 11 is 0. The maximum absolute atomic E-state index is 12.2. The van der Waals surface area contributed by atoms with Crippen LogP contribution in [0.5, 0.6) is 0 Å². The molecule has 2 rings (SSSR count). The van der Waals surface area contributed by atoms with E-state index in [0.29, 0.717) is 19.5 Å². The van der Waals surface area contributed by atoms with Gasteiger partial charge in [0.25, 0.3) is 0 Å². The Morgan fingerprint density at radius 1 is 1.52 bits per heavy atom. The quantitative estimate of drug-likeness (QED) is 0.813. The second-order valence-electron chi connectivity index (χ2n) is 6.03. The van der Waals surface area contributed by atoms with Gasteiger partial charge in [0.1, 0.15) is 0 Å². The summed E-state index contributed by atoms with van der Waals surface area (Å²) in [6.45, 7) is 5.30. The molecule has 1 aliphatic heterocycles. The molecule has 2 N–H and O–H groups in total. The number of pyridine rings is 1. The lowest BCUT2D eigenvalue weighted by atomic mass is 9.72. The number of carbonyl (C=O) groups excluding carboxylic acids is 1. The van der Waals surface area contributed by atoms with Gasteiger partial charge >= 0.3 is 12.0 Å². The fraction of sp³-hybridized carbons (Fsp3) is 0.533. The van der Waals surface area contributed by atoms with Crippen molar-refractivity contribution in [2.75, 3.05) is 13.1 Å². The molecule has 1 saturated heterocycles. The Morgan fingerprint density at radius 2 is 2.29 bits per heavy atom. The smallest absolute Gasteiger partial charge is 0.317 e. The van der Waals surface area contributed by atoms with Crippen LogP contribution in [0.1, 0.15) is 38.3 Å². The van der Waals surface area contributed by atoms with Crippen LogP contribution >= 0.6 is 0 Å². The van der Waals surface area contributed by atoms with Gasteiger partial charge in [0.05, 0.1) is 6.04 Å². The standard InChI is InChI=1S/C15H21N3O3/c1-15(2)10-18(13(15)11-5-3-7-16-9-11)14(21)17-8-4-6-12(19)20/h3,5,7,9,13H,4,6,8,10H2,1-2H3,(H,17,21)(H,19,20). The van der Waals surface area contributed by atoms with Crippen LogP contribution in [0, 0.1) is 5.41 Å². The summed E-state index contributed by atoms with van der Waals surface area (Å²) in [5.74, 6) is -0.845. The van der Waals surface area contributed by atoms with Gasteiger partial charge in [-0.15, -0.1) is 0 Å². The lowest BCUT2D eigenvalue weighted by Crippen LogP contribution is -2.60. The molecule has 0 radical (unpaired) electrons. The first kappa shape index (κ1) is 15.3. The molecule has 1 aromatic heterocycles. The number of amides is 2. The van der Waals surface area contributed by atoms with E-state index in [-0.39, 0.29) is 23.9 Å². The average molecular weight is 291 g/mol. The number of rotatable bonds is 5. The normalized spacial score (nSPS) is 19.7. The third-order valence-electron chi connectivity index (χ3n) is 3.73. The average Bonchev–Trinajstić information content (AvgIpc) is 2.42. The number of likely N-dealkylation sites (tertiary alicyclic amines) is 1. The molecule has 1 aliphatic rings. The molecule has 0 bridgehead atoms. The van der Waals surface area contributed by atoms with E-state index in [9.17, 15) is 9.59 Å². The molecule has 1 unspecified atom stereocenters. The van der Waals surface area contributed by atoms with Crippen LogP contribution in [-0.4, -0.2) is 40.1 Å². The highest BCUT2D eigenvalue weighted by Crippen LogP contribution is 2.47. The second kappa shape index (κ2) is 6.11. The number of aromatic nitrogens is 1. The number of carboxylic acids is 1. The number of hydrogen-bond acceptors (Lipinski definition) is 3. The number of carboxylic acid groups (broad SMARTS) is 1. The van der Waals surface area contributed by atoms with Gasteiger partial charge in [-0.2, -0.15) is 0 Å². The van der Waals surface area contributed by atoms with Crippen LogP contribution in [0.3, 0.4) is 0 Å². The fourth-order valence-corrected chi connectivity index (χ4v) is 2.82. The number of carbonyl (C=O) groups is 2. The monoisotopic (exact) mass is 291 g/mol. The minimum Gasteiger partial charge on any atom is -0.481 e. The topological polar surface area (TPSA) is 82.5 Å². The first-order valence-corrected chi connectivity index (χ1v) is 7.08. The molecule has 6 heteroatoms. The molecule has 1 aromatic rings. The molecule has 0 aromatic carbocycles. The third kappa shape index (κ3) is 3.51. The number of aliphatic carboxylic acids is 1. The lowest BCUT2D eigenvalue weighted by Gasteiger charge is -2.54. The van der Waals surface area contributed by atoms with E-state index in [1.54, 1.807) is 17.3 Å². The highest BCUT2D eigenvalue weighted by molar-refractivity contribution is 5.76. The van der Waals surface area contributed by atoms with Gasteiger partial charge in [0.15, 0.2) is 0 Å². The van der Waals surface area contributed by atoms with Gasteiger partial charge in [0.2, 0.25) is 0 Å². The van der Waals surface area contributed by atoms with Gasteiger partial charge in [0, 0.05) is 37.3 Å². The zero-order valence-electron chi connectivity index (χ0n) is 12.4. The van der Waals surface area contributed by atoms with E-state index in [1.165, 1.54) is 0 Å². The molecule has 21 heavy (non-hydrogen) atoms. The van der Waals surface area contributed by atoms with Crippen molar-refractivity contribution in [3.63, 3.8) is 0 Å². The predicted octanol–water partition coefficient (Wildman–Crippen LogP) is 2.04. The van der Waals surface area contributed by atoms with E-state index >= 15 is 0 Å². The highest BCUT2D eigenvalue weighted by atomic mass is 16.4. The van der Waals surface area contributed by atoms with Crippen molar-refractivity contribution < 1.29 is 14.7 Å². The highest BCUT2D eigenvalue weighted by Gasteiger charge is 2.48. The van der Waals surface area contributed by atoms with E-state index in [4.69, 9.17) is 5.11 Å². The second-order valence-corrected chi connectivity index (χ2v) is 6.03. The van der Waals surface area contributed by atoms with Crippen molar-refractivity contribution in [2.24, 2.45) is 5.41 Å². The summed E-state index contributed by atoms with van der Waals surface area (Å²) in [6, 6.07) is 3.70. The Bertz CT molecular complexity index is 516. The van der Waals surface area contributed by atoms with Crippen molar-refractivity contribution in [1.82, 2.24) is 15.2 Å². The predicted molar refractivity (Wildman–Crippen MR) is 77.7 cm³/mol. The van der Waals surface area contributed by atoms with Crippen molar-refractivity contribution >= 4 is 12.0 Å². The molecule has 0 aliphatic carbocycles. The molecule has 0 spiro atoms. The maximum Gasteiger partial charge on any atom is 0.317 e. The van der Waals surface area contributed by atoms with Crippen molar-refractivity contribution in [2.45, 2.75) is 32.7 Å². The Kier molecular flexibility index (Phi) is 4.45. The summed E-state index contributed by atoms with van der Waals surface area (Å²) in [7, 11) is 0. The molecule has 2 amide bonds. The number of hydrogen-bond donors (Lipinski definition) is 2. The van der Waals surface area contributed by atoms with Gasteiger partial charge < -0.3 is 15.3 Å². The zero-order valence-corrected chi connectivity index (χ0v) is 12.4. The van der Waals surface area contributed by atoms with Crippen LogP contribution in [0.15, 0.2) is 24.5 Å². The minimum atomic E-state index is -0.845. The molecule has 114 valence electrons. The number of nitrogens with zero attached hydrogens (tertiary/aromatic N) is 2. The molecule has 6 nitrogen and oxygen atoms in total. The van der Waals surface area contributed by atoms with Crippen LogP contribution in [0.25, 0.3) is 0 Å². The number of urea groups is 1. The van der Waals surface area contributed by atoms with E-state index < -0.39 is 5.97 Å². The fourth-order valence-electron chi connectivity index (χ4n) is 2.82. The van der Waals surface area contributed by atoms with Crippen LogP contribution in [0.2, 0.25) is 0 Å². The van der Waals surface area contributed by atoms with E-state index in [0.717, 1.165) is 5.56 Å². The summed E-state index contributed by atoms with van der Waals surface area (Å²) in [5.41, 5.74) is 1.04. The Hall–Kier alpha value is -2.11. The Balaban J connectivity index is 1.94. The first-order valence-electron chi connectivity index (χ1n) is 7.08. The molecule has 1 fully saturated rings. The zero-order chi connectivity index (χ0) is 15.5. The minimum absolute atomic E-state index is 0.00525. The third-order valence-corrected chi connectivity index (χ3v) is 3.73. The van der Waals surface area contributed by atoms with Gasteiger partial charge in [-0.25, -0.2) is 4.79 Å². The van der Waals surface area contributed by atoms with Crippen molar-refractivity contribution in [3.8, 4) is 0 Å². The van der Waals surface area contributed by atoms with Crippen LogP contribution < -0.4 is 5.32 Å². The van der Waals surface area contributed by atoms with E-state index in [1.807, 2.05) is 12.1 Å². The summed E-state index contributed by atoms with van der Waals surface area (Å²) in [5, 5.41) is 11.4. The van der Waals surface area contributed by atoms with Gasteiger partial charge in [-0.05, 0) is 18.1 Å². The Labute approximate surface area is 124 Å². The molecular formula is C15H21N3O3. The first-order chi connectivity index (χ1) is 9.92. The largest absolute Gasteiger partial charge is 0.481 e. The molecule has 0 saturated carbocycles. The summed E-state index contributed by atoms with van der Waals surface area (Å²) in [6.07, 6.45) is 4.01. The van der Waals surface area contributed by atoms with E-state index in [2.05, 4.69) is 24.1 Å². The van der Waals surface area contributed by atoms with Crippen LogP contribution in [-0.2, 0) is 4.79 Å². The lowest BCUT2D eigenvalue weighted by molar-refractivity contribution is -0.137. The van der Waals surface area contributed by atoms with Crippen molar-refractivity contribution in [3.05, 3.63) is 30.1 Å².